The Morgan fingerprint density at radius 1 is 1.26 bits per heavy atom. The second kappa shape index (κ2) is 7.99. The number of nitrogens with zero attached hydrogens (tertiary/aromatic N) is 2. The molecule has 2 rings (SSSR count). The summed E-state index contributed by atoms with van der Waals surface area (Å²) in [6.45, 7) is -0.437. The quantitative estimate of drug-likeness (QED) is 0.786. The third kappa shape index (κ3) is 5.15. The molecule has 23 heavy (non-hydrogen) atoms. The van der Waals surface area contributed by atoms with Gasteiger partial charge < -0.3 is 9.47 Å². The van der Waals surface area contributed by atoms with Crippen LogP contribution >= 0.6 is 11.3 Å². The second-order valence-electron chi connectivity index (χ2n) is 4.26. The fraction of sp³-hybridized carbons (Fsp3) is 0.214. The van der Waals surface area contributed by atoms with Crippen LogP contribution < -0.4 is 5.32 Å². The summed E-state index contributed by atoms with van der Waals surface area (Å²) < 4.78 is 9.40. The highest BCUT2D eigenvalue weighted by Gasteiger charge is 2.12. The number of aromatic nitrogens is 2. The number of amides is 1. The van der Waals surface area contributed by atoms with Crippen LogP contribution in [0.25, 0.3) is 0 Å². The summed E-state index contributed by atoms with van der Waals surface area (Å²) in [5.41, 5.74) is 0.799. The molecule has 9 heteroatoms. The van der Waals surface area contributed by atoms with E-state index in [0.29, 0.717) is 16.4 Å². The summed E-state index contributed by atoms with van der Waals surface area (Å²) in [7, 11) is 1.29. The van der Waals surface area contributed by atoms with Crippen LogP contribution in [0, 0.1) is 0 Å². The Morgan fingerprint density at radius 3 is 2.70 bits per heavy atom. The van der Waals surface area contributed by atoms with Gasteiger partial charge in [-0.15, -0.1) is 11.3 Å². The smallest absolute Gasteiger partial charge is 0.338 e. The first kappa shape index (κ1) is 16.6. The van der Waals surface area contributed by atoms with E-state index in [4.69, 9.17) is 4.74 Å². The molecule has 0 aliphatic heterocycles. The van der Waals surface area contributed by atoms with E-state index in [1.165, 1.54) is 31.6 Å². The van der Waals surface area contributed by atoms with Crippen LogP contribution in [0.2, 0.25) is 0 Å². The van der Waals surface area contributed by atoms with Gasteiger partial charge >= 0.3 is 11.9 Å². The van der Waals surface area contributed by atoms with E-state index in [9.17, 15) is 14.4 Å². The van der Waals surface area contributed by atoms with E-state index < -0.39 is 24.5 Å². The van der Waals surface area contributed by atoms with E-state index in [-0.39, 0.29) is 6.42 Å². The number of hydrogen-bond acceptors (Lipinski definition) is 8. The van der Waals surface area contributed by atoms with E-state index in [1.807, 2.05) is 0 Å². The largest absolute Gasteiger partial charge is 0.469 e. The molecule has 8 nitrogen and oxygen atoms in total. The van der Waals surface area contributed by atoms with Crippen molar-refractivity contribution in [3.63, 3.8) is 0 Å². The van der Waals surface area contributed by atoms with Crippen molar-refractivity contribution in [2.75, 3.05) is 19.0 Å². The molecular formula is C14H13N3O5S. The summed E-state index contributed by atoms with van der Waals surface area (Å²) >= 11 is 1.16. The number of rotatable bonds is 6. The molecule has 2 aromatic rings. The number of methoxy groups -OCH3 is 1. The van der Waals surface area contributed by atoms with Crippen LogP contribution in [0.5, 0.6) is 0 Å². The van der Waals surface area contributed by atoms with Crippen molar-refractivity contribution < 1.29 is 23.9 Å². The molecule has 0 aliphatic rings. The van der Waals surface area contributed by atoms with E-state index in [0.717, 1.165) is 11.3 Å². The Morgan fingerprint density at radius 2 is 2.00 bits per heavy atom. The third-order valence-corrected chi connectivity index (χ3v) is 3.41. The predicted molar refractivity (Wildman–Crippen MR) is 81.0 cm³/mol. The highest BCUT2D eigenvalue weighted by molar-refractivity contribution is 7.13. The summed E-state index contributed by atoms with van der Waals surface area (Å²) in [4.78, 5) is 42.3. The minimum absolute atomic E-state index is 0.0277. The summed E-state index contributed by atoms with van der Waals surface area (Å²) in [6.07, 6.45) is 2.93. The first-order valence-electron chi connectivity index (χ1n) is 6.46. The number of esters is 2. The van der Waals surface area contributed by atoms with Crippen molar-refractivity contribution in [3.05, 3.63) is 41.2 Å². The lowest BCUT2D eigenvalue weighted by atomic mass is 10.3. The number of carbonyl (C=O) groups excluding carboxylic acids is 3. The van der Waals surface area contributed by atoms with Gasteiger partial charge in [0.15, 0.2) is 11.7 Å². The molecule has 0 spiro atoms. The van der Waals surface area contributed by atoms with Crippen molar-refractivity contribution in [3.8, 4) is 0 Å². The van der Waals surface area contributed by atoms with Crippen molar-refractivity contribution in [2.45, 2.75) is 6.42 Å². The number of thiazole rings is 1. The van der Waals surface area contributed by atoms with Crippen LogP contribution in [0.1, 0.15) is 16.1 Å². The lowest BCUT2D eigenvalue weighted by Crippen LogP contribution is -2.21. The Balaban J connectivity index is 1.81. The predicted octanol–water partition coefficient (Wildman–Crippen LogP) is 1.05. The normalized spacial score (nSPS) is 9.96. The molecule has 2 heterocycles. The summed E-state index contributed by atoms with van der Waals surface area (Å²) in [6, 6.07) is 2.97. The molecule has 0 saturated heterocycles. The third-order valence-electron chi connectivity index (χ3n) is 2.60. The van der Waals surface area contributed by atoms with Gasteiger partial charge in [-0.2, -0.15) is 0 Å². The van der Waals surface area contributed by atoms with Crippen LogP contribution in [-0.4, -0.2) is 41.5 Å². The van der Waals surface area contributed by atoms with Gasteiger partial charge in [0.25, 0.3) is 5.91 Å². The zero-order valence-electron chi connectivity index (χ0n) is 12.1. The van der Waals surface area contributed by atoms with Crippen molar-refractivity contribution in [1.29, 1.82) is 0 Å². The maximum atomic E-state index is 11.7. The lowest BCUT2D eigenvalue weighted by Gasteiger charge is -2.04. The zero-order chi connectivity index (χ0) is 16.7. The maximum Gasteiger partial charge on any atom is 0.338 e. The van der Waals surface area contributed by atoms with E-state index >= 15 is 0 Å². The first-order chi connectivity index (χ1) is 11.1. The standard InChI is InChI=1S/C14H13N3O5S/c1-21-12(19)6-10-8-23-14(16-10)17-11(18)7-22-13(20)9-2-4-15-5-3-9/h2-5,8H,6-7H2,1H3,(H,16,17,18). The minimum atomic E-state index is -0.618. The van der Waals surface area contributed by atoms with Gasteiger partial charge in [0.2, 0.25) is 0 Å². The number of anilines is 1. The lowest BCUT2D eigenvalue weighted by molar-refractivity contribution is -0.139. The molecule has 120 valence electrons. The van der Waals surface area contributed by atoms with Gasteiger partial charge in [0.05, 0.1) is 24.8 Å². The monoisotopic (exact) mass is 335 g/mol. The molecule has 0 aliphatic carbocycles. The number of hydrogen-bond donors (Lipinski definition) is 1. The SMILES string of the molecule is COC(=O)Cc1csc(NC(=O)COC(=O)c2ccncc2)n1. The van der Waals surface area contributed by atoms with E-state index in [1.54, 1.807) is 5.38 Å². The number of ether oxygens (including phenoxy) is 2. The van der Waals surface area contributed by atoms with Crippen molar-refractivity contribution in [1.82, 2.24) is 9.97 Å². The van der Waals surface area contributed by atoms with Gasteiger partial charge in [0.1, 0.15) is 0 Å². The molecule has 0 unspecified atom stereocenters. The zero-order valence-corrected chi connectivity index (χ0v) is 13.0. The fourth-order valence-electron chi connectivity index (χ4n) is 1.52. The highest BCUT2D eigenvalue weighted by atomic mass is 32.1. The Hall–Kier alpha value is -2.81. The fourth-order valence-corrected chi connectivity index (χ4v) is 2.25. The molecule has 0 bridgehead atoms. The molecule has 0 saturated carbocycles. The Bertz CT molecular complexity index is 701. The molecule has 0 aromatic carbocycles. The number of nitrogens with one attached hydrogen (secondary N) is 1. The number of pyridine rings is 1. The van der Waals surface area contributed by atoms with E-state index in [2.05, 4.69) is 20.0 Å². The Labute approximate surface area is 135 Å². The highest BCUT2D eigenvalue weighted by Crippen LogP contribution is 2.16. The summed E-state index contributed by atoms with van der Waals surface area (Å²) in [5.74, 6) is -1.56. The molecule has 0 atom stereocenters. The molecule has 0 radical (unpaired) electrons. The molecule has 1 N–H and O–H groups in total. The maximum absolute atomic E-state index is 11.7. The molecular weight excluding hydrogens is 322 g/mol. The average molecular weight is 335 g/mol. The van der Waals surface area contributed by atoms with Crippen LogP contribution in [-0.2, 0) is 25.5 Å². The first-order valence-corrected chi connectivity index (χ1v) is 7.34. The van der Waals surface area contributed by atoms with Gasteiger partial charge in [-0.3, -0.25) is 19.9 Å². The van der Waals surface area contributed by atoms with Crippen molar-refractivity contribution >= 4 is 34.3 Å². The van der Waals surface area contributed by atoms with Gasteiger partial charge in [-0.25, -0.2) is 9.78 Å². The molecule has 0 fully saturated rings. The minimum Gasteiger partial charge on any atom is -0.469 e. The van der Waals surface area contributed by atoms with Gasteiger partial charge in [0, 0.05) is 17.8 Å². The van der Waals surface area contributed by atoms with Crippen molar-refractivity contribution in [2.24, 2.45) is 0 Å². The van der Waals surface area contributed by atoms with Crippen LogP contribution in [0.3, 0.4) is 0 Å². The van der Waals surface area contributed by atoms with Crippen LogP contribution in [0.15, 0.2) is 29.9 Å². The van der Waals surface area contributed by atoms with Gasteiger partial charge in [-0.1, -0.05) is 0 Å². The second-order valence-corrected chi connectivity index (χ2v) is 5.12. The molecule has 2 aromatic heterocycles. The average Bonchev–Trinajstić information content (AvgIpc) is 3.00. The number of carbonyl (C=O) groups is 3. The van der Waals surface area contributed by atoms with Crippen LogP contribution in [0.4, 0.5) is 5.13 Å². The summed E-state index contributed by atoms with van der Waals surface area (Å²) in [5, 5.41) is 4.44. The Kier molecular flexibility index (Phi) is 5.75. The topological polar surface area (TPSA) is 107 Å². The molecule has 1 amide bonds. The van der Waals surface area contributed by atoms with Gasteiger partial charge in [-0.05, 0) is 12.1 Å².